The van der Waals surface area contributed by atoms with E-state index in [1.165, 1.54) is 24.5 Å². The molecule has 1 unspecified atom stereocenters. The quantitative estimate of drug-likeness (QED) is 0.459. The fraction of sp³-hybridized carbons (Fsp3) is 0.273. The number of rotatable bonds is 7. The fourth-order valence-electron chi connectivity index (χ4n) is 3.69. The van der Waals surface area contributed by atoms with Gasteiger partial charge in [-0.25, -0.2) is 14.8 Å². The molecule has 0 aromatic carbocycles. The molecule has 0 fully saturated rings. The number of nitrogens with one attached hydrogen (secondary N) is 1. The van der Waals surface area contributed by atoms with Crippen molar-refractivity contribution in [2.45, 2.75) is 38.0 Å². The van der Waals surface area contributed by atoms with E-state index in [1.54, 1.807) is 12.1 Å². The number of carbonyl (C=O) groups excluding carboxylic acids is 1. The second-order valence-corrected chi connectivity index (χ2v) is 7.55. The lowest BCUT2D eigenvalue weighted by Gasteiger charge is -2.26. The summed E-state index contributed by atoms with van der Waals surface area (Å²) in [4.78, 5) is 36.0. The van der Waals surface area contributed by atoms with E-state index in [-0.39, 0.29) is 48.2 Å². The molecular weight excluding hydrogens is 433 g/mol. The zero-order valence-corrected chi connectivity index (χ0v) is 17.4. The Morgan fingerprint density at radius 3 is 2.82 bits per heavy atom. The number of aromatic hydroxyl groups is 1. The molecule has 3 heterocycles. The maximum absolute atomic E-state index is 14.0. The Labute approximate surface area is 187 Å². The van der Waals surface area contributed by atoms with Gasteiger partial charge in [0.1, 0.15) is 11.4 Å². The topological polar surface area (TPSA) is 151 Å². The highest BCUT2D eigenvalue weighted by molar-refractivity contribution is 5.89. The molecule has 11 heteroatoms. The SMILES string of the molecule is O=C(CCc1nc(-c2ccc(O)cn2)no1)NC1=C(C(=O)O)CC(c2cccnc2F)CC1. The van der Waals surface area contributed by atoms with Crippen LogP contribution in [-0.4, -0.2) is 42.2 Å². The molecule has 1 atom stereocenters. The van der Waals surface area contributed by atoms with Gasteiger partial charge in [-0.05, 0) is 43.4 Å². The van der Waals surface area contributed by atoms with Gasteiger partial charge in [0.2, 0.25) is 23.6 Å². The second kappa shape index (κ2) is 9.55. The number of halogens is 1. The third-order valence-electron chi connectivity index (χ3n) is 5.34. The van der Waals surface area contributed by atoms with E-state index in [1.807, 2.05) is 0 Å². The van der Waals surface area contributed by atoms with Gasteiger partial charge in [0, 0.05) is 30.3 Å². The summed E-state index contributed by atoms with van der Waals surface area (Å²) in [5, 5.41) is 25.4. The molecule has 170 valence electrons. The number of carboxylic acids is 1. The van der Waals surface area contributed by atoms with E-state index in [9.17, 15) is 24.2 Å². The van der Waals surface area contributed by atoms with Crippen LogP contribution in [0.3, 0.4) is 0 Å². The summed E-state index contributed by atoms with van der Waals surface area (Å²) in [6.45, 7) is 0. The molecule has 0 radical (unpaired) electrons. The van der Waals surface area contributed by atoms with Gasteiger partial charge in [-0.3, -0.25) is 4.79 Å². The summed E-state index contributed by atoms with van der Waals surface area (Å²) < 4.78 is 19.2. The predicted molar refractivity (Wildman–Crippen MR) is 111 cm³/mol. The molecule has 1 amide bonds. The highest BCUT2D eigenvalue weighted by Crippen LogP contribution is 2.36. The summed E-state index contributed by atoms with van der Waals surface area (Å²) in [5.74, 6) is -2.02. The summed E-state index contributed by atoms with van der Waals surface area (Å²) in [6.07, 6.45) is 3.63. The molecule has 0 aliphatic heterocycles. The fourth-order valence-corrected chi connectivity index (χ4v) is 3.69. The van der Waals surface area contributed by atoms with Crippen LogP contribution < -0.4 is 5.32 Å². The number of pyridine rings is 2. The van der Waals surface area contributed by atoms with Crippen molar-refractivity contribution in [1.29, 1.82) is 0 Å². The highest BCUT2D eigenvalue weighted by Gasteiger charge is 2.29. The van der Waals surface area contributed by atoms with Crippen molar-refractivity contribution in [1.82, 2.24) is 25.4 Å². The number of carbonyl (C=O) groups is 2. The summed E-state index contributed by atoms with van der Waals surface area (Å²) in [6, 6.07) is 6.18. The third-order valence-corrected chi connectivity index (χ3v) is 5.34. The Morgan fingerprint density at radius 1 is 1.24 bits per heavy atom. The molecule has 3 aromatic rings. The van der Waals surface area contributed by atoms with Gasteiger partial charge in [0.25, 0.3) is 0 Å². The Hall–Kier alpha value is -4.15. The van der Waals surface area contributed by atoms with Crippen molar-refractivity contribution in [3.05, 3.63) is 65.3 Å². The molecule has 0 bridgehead atoms. The zero-order chi connectivity index (χ0) is 23.4. The number of hydrogen-bond acceptors (Lipinski definition) is 8. The first-order valence-electron chi connectivity index (χ1n) is 10.2. The van der Waals surface area contributed by atoms with Gasteiger partial charge >= 0.3 is 5.97 Å². The van der Waals surface area contributed by atoms with Gasteiger partial charge in [-0.15, -0.1) is 0 Å². The number of nitrogens with zero attached hydrogens (tertiary/aromatic N) is 4. The summed E-state index contributed by atoms with van der Waals surface area (Å²) in [5.41, 5.74) is 1.16. The van der Waals surface area contributed by atoms with Crippen LogP contribution in [0, 0.1) is 5.95 Å². The summed E-state index contributed by atoms with van der Waals surface area (Å²) >= 11 is 0. The smallest absolute Gasteiger partial charge is 0.333 e. The number of amides is 1. The number of aryl methyl sites for hydroxylation is 1. The standard InChI is InChI=1S/C22H20FN5O5/c23-20-14(2-1-9-24-20)12-3-5-16(15(10-12)22(31)32)26-18(30)7-8-19-27-21(28-33-19)17-6-4-13(29)11-25-17/h1-2,4,6,9,11-12,29H,3,5,7-8,10H2,(H,26,30)(H,31,32). The lowest BCUT2D eigenvalue weighted by Crippen LogP contribution is -2.29. The number of carboxylic acid groups (broad SMARTS) is 1. The minimum absolute atomic E-state index is 0.00169. The van der Waals surface area contributed by atoms with Crippen LogP contribution in [0.4, 0.5) is 4.39 Å². The molecular formula is C22H20FN5O5. The van der Waals surface area contributed by atoms with Crippen LogP contribution in [-0.2, 0) is 16.0 Å². The van der Waals surface area contributed by atoms with Crippen molar-refractivity contribution in [2.24, 2.45) is 0 Å². The Balaban J connectivity index is 1.38. The molecule has 4 rings (SSSR count). The van der Waals surface area contributed by atoms with Gasteiger partial charge < -0.3 is 20.1 Å². The van der Waals surface area contributed by atoms with Crippen molar-refractivity contribution >= 4 is 11.9 Å². The highest BCUT2D eigenvalue weighted by atomic mass is 19.1. The average molecular weight is 453 g/mol. The van der Waals surface area contributed by atoms with E-state index in [4.69, 9.17) is 4.52 Å². The first-order valence-corrected chi connectivity index (χ1v) is 10.2. The molecule has 0 saturated carbocycles. The molecule has 1 aliphatic carbocycles. The van der Waals surface area contributed by atoms with E-state index in [0.29, 0.717) is 29.8 Å². The number of allylic oxidation sites excluding steroid dienone is 1. The molecule has 33 heavy (non-hydrogen) atoms. The molecule has 3 aromatic heterocycles. The molecule has 1 aliphatic rings. The van der Waals surface area contributed by atoms with Crippen LogP contribution in [0.15, 0.2) is 52.5 Å². The maximum atomic E-state index is 14.0. The van der Waals surface area contributed by atoms with E-state index in [2.05, 4.69) is 25.4 Å². The van der Waals surface area contributed by atoms with Crippen molar-refractivity contribution in [3.63, 3.8) is 0 Å². The Morgan fingerprint density at radius 2 is 2.09 bits per heavy atom. The van der Waals surface area contributed by atoms with Crippen LogP contribution in [0.2, 0.25) is 0 Å². The van der Waals surface area contributed by atoms with Gasteiger partial charge in [0.15, 0.2) is 0 Å². The van der Waals surface area contributed by atoms with Crippen LogP contribution in [0.1, 0.15) is 43.1 Å². The van der Waals surface area contributed by atoms with E-state index >= 15 is 0 Å². The third kappa shape index (κ3) is 5.20. The van der Waals surface area contributed by atoms with E-state index < -0.39 is 17.8 Å². The van der Waals surface area contributed by atoms with Crippen molar-refractivity contribution < 1.29 is 28.7 Å². The molecule has 0 spiro atoms. The first kappa shape index (κ1) is 22.1. The minimum Gasteiger partial charge on any atom is -0.506 e. The van der Waals surface area contributed by atoms with Gasteiger partial charge in [0.05, 0.1) is 11.8 Å². The lowest BCUT2D eigenvalue weighted by molar-refractivity contribution is -0.133. The predicted octanol–water partition coefficient (Wildman–Crippen LogP) is 2.73. The molecule has 3 N–H and O–H groups in total. The second-order valence-electron chi connectivity index (χ2n) is 7.55. The minimum atomic E-state index is -1.15. The van der Waals surface area contributed by atoms with Crippen molar-refractivity contribution in [2.75, 3.05) is 0 Å². The Bertz CT molecular complexity index is 1210. The first-order chi connectivity index (χ1) is 15.9. The zero-order valence-electron chi connectivity index (χ0n) is 17.4. The van der Waals surface area contributed by atoms with Gasteiger partial charge in [-0.2, -0.15) is 9.37 Å². The lowest BCUT2D eigenvalue weighted by atomic mass is 9.82. The normalized spacial score (nSPS) is 16.0. The monoisotopic (exact) mass is 453 g/mol. The molecule has 10 nitrogen and oxygen atoms in total. The number of aliphatic carboxylic acids is 1. The van der Waals surface area contributed by atoms with Crippen LogP contribution in [0.5, 0.6) is 5.75 Å². The van der Waals surface area contributed by atoms with Crippen LogP contribution in [0.25, 0.3) is 11.5 Å². The van der Waals surface area contributed by atoms with Gasteiger partial charge in [-0.1, -0.05) is 11.2 Å². The largest absolute Gasteiger partial charge is 0.506 e. The average Bonchev–Trinajstić information content (AvgIpc) is 3.28. The summed E-state index contributed by atoms with van der Waals surface area (Å²) in [7, 11) is 0. The van der Waals surface area contributed by atoms with E-state index in [0.717, 1.165) is 0 Å². The number of hydrogen-bond donors (Lipinski definition) is 3. The molecule has 0 saturated heterocycles. The van der Waals surface area contributed by atoms with Crippen LogP contribution >= 0.6 is 0 Å². The van der Waals surface area contributed by atoms with Crippen molar-refractivity contribution in [3.8, 4) is 17.3 Å². The number of aromatic nitrogens is 4. The Kier molecular flexibility index (Phi) is 6.38. The maximum Gasteiger partial charge on any atom is 0.333 e.